The fourth-order valence-corrected chi connectivity index (χ4v) is 3.12. The van der Waals surface area contributed by atoms with E-state index in [0.717, 1.165) is 16.1 Å². The molecule has 3 aromatic rings. The summed E-state index contributed by atoms with van der Waals surface area (Å²) in [5.41, 5.74) is 2.98. The molecule has 0 unspecified atom stereocenters. The number of rotatable bonds is 5. The molecule has 0 radical (unpaired) electrons. The Morgan fingerprint density at radius 3 is 2.64 bits per heavy atom. The summed E-state index contributed by atoms with van der Waals surface area (Å²) in [6, 6.07) is 9.25. The minimum absolute atomic E-state index is 0.119. The molecule has 0 aliphatic heterocycles. The Morgan fingerprint density at radius 1 is 1.28 bits per heavy atom. The standard InChI is InChI=1S/C16H15N5O3S/c1-10-3-5-12(6-4-10)15-11(2)25-16(18-15)17-14(22)9-20-8-7-13(19-20)21(23)24/h3-8H,9H2,1-2H3,(H,17,18,22). The van der Waals surface area contributed by atoms with Gasteiger partial charge in [0.15, 0.2) is 5.13 Å². The number of amides is 1. The quantitative estimate of drug-likeness (QED) is 0.558. The average molecular weight is 357 g/mol. The van der Waals surface area contributed by atoms with Gasteiger partial charge in [-0.05, 0) is 18.8 Å². The lowest BCUT2D eigenvalue weighted by molar-refractivity contribution is -0.389. The number of hydrogen-bond donors (Lipinski definition) is 1. The van der Waals surface area contributed by atoms with Crippen LogP contribution in [0.15, 0.2) is 36.5 Å². The summed E-state index contributed by atoms with van der Waals surface area (Å²) in [5, 5.41) is 17.5. The summed E-state index contributed by atoms with van der Waals surface area (Å²) < 4.78 is 1.22. The molecule has 2 aromatic heterocycles. The Kier molecular flexibility index (Phi) is 4.57. The molecule has 0 bridgehead atoms. The highest BCUT2D eigenvalue weighted by molar-refractivity contribution is 7.16. The van der Waals surface area contributed by atoms with E-state index in [-0.39, 0.29) is 18.3 Å². The number of anilines is 1. The van der Waals surface area contributed by atoms with E-state index in [9.17, 15) is 14.9 Å². The highest BCUT2D eigenvalue weighted by Crippen LogP contribution is 2.30. The molecule has 0 aliphatic carbocycles. The van der Waals surface area contributed by atoms with Gasteiger partial charge in [0, 0.05) is 10.4 Å². The van der Waals surface area contributed by atoms with Crippen LogP contribution >= 0.6 is 11.3 Å². The minimum atomic E-state index is -0.605. The molecular weight excluding hydrogens is 342 g/mol. The average Bonchev–Trinajstić information content (AvgIpc) is 3.15. The Balaban J connectivity index is 1.70. The van der Waals surface area contributed by atoms with Crippen molar-refractivity contribution in [1.29, 1.82) is 0 Å². The van der Waals surface area contributed by atoms with Gasteiger partial charge in [0.05, 0.1) is 23.1 Å². The van der Waals surface area contributed by atoms with Crippen molar-refractivity contribution in [2.75, 3.05) is 5.32 Å². The second-order valence-electron chi connectivity index (χ2n) is 5.47. The third kappa shape index (κ3) is 3.89. The second-order valence-corrected chi connectivity index (χ2v) is 6.67. The molecule has 0 saturated heterocycles. The highest BCUT2D eigenvalue weighted by atomic mass is 32.1. The zero-order valence-corrected chi connectivity index (χ0v) is 14.4. The first-order valence-electron chi connectivity index (χ1n) is 7.44. The van der Waals surface area contributed by atoms with Crippen LogP contribution in [-0.2, 0) is 11.3 Å². The van der Waals surface area contributed by atoms with Crippen molar-refractivity contribution in [3.8, 4) is 11.3 Å². The number of nitro groups is 1. The molecule has 8 nitrogen and oxygen atoms in total. The predicted octanol–water partition coefficient (Wildman–Crippen LogP) is 3.17. The SMILES string of the molecule is Cc1ccc(-c2nc(NC(=O)Cn3ccc([N+](=O)[O-])n3)sc2C)cc1. The predicted molar refractivity (Wildman–Crippen MR) is 94.5 cm³/mol. The molecule has 2 heterocycles. The summed E-state index contributed by atoms with van der Waals surface area (Å²) in [5.74, 6) is -0.637. The minimum Gasteiger partial charge on any atom is -0.358 e. The van der Waals surface area contributed by atoms with Gasteiger partial charge >= 0.3 is 5.82 Å². The van der Waals surface area contributed by atoms with Crippen molar-refractivity contribution in [3.05, 3.63) is 57.1 Å². The summed E-state index contributed by atoms with van der Waals surface area (Å²) >= 11 is 1.38. The topological polar surface area (TPSA) is 103 Å². The van der Waals surface area contributed by atoms with Gasteiger partial charge in [-0.15, -0.1) is 11.3 Å². The summed E-state index contributed by atoms with van der Waals surface area (Å²) in [4.78, 5) is 27.6. The maximum atomic E-state index is 12.1. The Hall–Kier alpha value is -3.07. The van der Waals surface area contributed by atoms with Crippen LogP contribution in [0, 0.1) is 24.0 Å². The Labute approximate surface area is 147 Å². The summed E-state index contributed by atoms with van der Waals surface area (Å²) in [6.07, 6.45) is 1.39. The monoisotopic (exact) mass is 357 g/mol. The van der Waals surface area contributed by atoms with Gasteiger partial charge in [-0.25, -0.2) is 4.98 Å². The summed E-state index contributed by atoms with van der Waals surface area (Å²) in [7, 11) is 0. The Morgan fingerprint density at radius 2 is 2.00 bits per heavy atom. The third-order valence-electron chi connectivity index (χ3n) is 3.49. The first kappa shape index (κ1) is 16.8. The zero-order valence-electron chi connectivity index (χ0n) is 13.6. The number of nitrogens with zero attached hydrogens (tertiary/aromatic N) is 4. The van der Waals surface area contributed by atoms with Crippen LogP contribution in [0.2, 0.25) is 0 Å². The molecule has 1 N–H and O–H groups in total. The molecule has 1 aromatic carbocycles. The lowest BCUT2D eigenvalue weighted by atomic mass is 10.1. The van der Waals surface area contributed by atoms with E-state index < -0.39 is 4.92 Å². The van der Waals surface area contributed by atoms with Gasteiger partial charge in [-0.3, -0.25) is 4.79 Å². The van der Waals surface area contributed by atoms with Crippen LogP contribution < -0.4 is 5.32 Å². The van der Waals surface area contributed by atoms with Crippen molar-refractivity contribution in [1.82, 2.24) is 14.8 Å². The maximum Gasteiger partial charge on any atom is 0.389 e. The largest absolute Gasteiger partial charge is 0.389 e. The highest BCUT2D eigenvalue weighted by Gasteiger charge is 2.16. The molecule has 1 amide bonds. The number of nitrogens with one attached hydrogen (secondary N) is 1. The van der Waals surface area contributed by atoms with Crippen molar-refractivity contribution in [3.63, 3.8) is 0 Å². The lowest BCUT2D eigenvalue weighted by Crippen LogP contribution is -2.19. The molecule has 25 heavy (non-hydrogen) atoms. The normalized spacial score (nSPS) is 10.6. The smallest absolute Gasteiger partial charge is 0.358 e. The molecule has 0 aliphatic rings. The van der Waals surface area contributed by atoms with E-state index in [2.05, 4.69) is 15.4 Å². The van der Waals surface area contributed by atoms with Crippen molar-refractivity contribution < 1.29 is 9.72 Å². The first-order chi connectivity index (χ1) is 11.9. The molecule has 0 spiro atoms. The number of benzene rings is 1. The van der Waals surface area contributed by atoms with Gasteiger partial charge < -0.3 is 15.4 Å². The van der Waals surface area contributed by atoms with Crippen LogP contribution in [0.25, 0.3) is 11.3 Å². The fraction of sp³-hybridized carbons (Fsp3) is 0.188. The molecule has 0 saturated carbocycles. The van der Waals surface area contributed by atoms with E-state index in [1.54, 1.807) is 0 Å². The van der Waals surface area contributed by atoms with Crippen LogP contribution in [-0.4, -0.2) is 25.6 Å². The molecular formula is C16H15N5O3S. The van der Waals surface area contributed by atoms with Crippen LogP contribution in [0.3, 0.4) is 0 Å². The van der Waals surface area contributed by atoms with E-state index >= 15 is 0 Å². The van der Waals surface area contributed by atoms with E-state index in [4.69, 9.17) is 0 Å². The van der Waals surface area contributed by atoms with Crippen molar-refractivity contribution in [2.45, 2.75) is 20.4 Å². The van der Waals surface area contributed by atoms with Crippen LogP contribution in [0.4, 0.5) is 10.9 Å². The number of carbonyl (C=O) groups is 1. The Bertz CT molecular complexity index is 930. The number of aryl methyl sites for hydroxylation is 2. The van der Waals surface area contributed by atoms with Gasteiger partial charge in [0.25, 0.3) is 0 Å². The van der Waals surface area contributed by atoms with Crippen molar-refractivity contribution >= 4 is 28.2 Å². The number of thiazole rings is 1. The number of aromatic nitrogens is 3. The summed E-state index contributed by atoms with van der Waals surface area (Å²) in [6.45, 7) is 3.84. The molecule has 3 rings (SSSR count). The van der Waals surface area contributed by atoms with Gasteiger partial charge in [0.2, 0.25) is 5.91 Å². The van der Waals surface area contributed by atoms with Gasteiger partial charge in [-0.1, -0.05) is 29.8 Å². The van der Waals surface area contributed by atoms with Gasteiger partial charge in [0.1, 0.15) is 6.54 Å². The zero-order chi connectivity index (χ0) is 18.0. The fourth-order valence-electron chi connectivity index (χ4n) is 2.27. The van der Waals surface area contributed by atoms with Crippen LogP contribution in [0.5, 0.6) is 0 Å². The molecule has 9 heteroatoms. The third-order valence-corrected chi connectivity index (χ3v) is 4.37. The molecule has 0 fully saturated rings. The second kappa shape index (κ2) is 6.81. The maximum absolute atomic E-state index is 12.1. The first-order valence-corrected chi connectivity index (χ1v) is 8.26. The lowest BCUT2D eigenvalue weighted by Gasteiger charge is -2.00. The molecule has 128 valence electrons. The van der Waals surface area contributed by atoms with Crippen LogP contribution in [0.1, 0.15) is 10.4 Å². The van der Waals surface area contributed by atoms with E-state index in [1.165, 1.54) is 33.8 Å². The number of carbonyl (C=O) groups excluding carboxylic acids is 1. The number of hydrogen-bond acceptors (Lipinski definition) is 6. The molecule has 0 atom stereocenters. The van der Waals surface area contributed by atoms with E-state index in [0.29, 0.717) is 5.13 Å². The van der Waals surface area contributed by atoms with E-state index in [1.807, 2.05) is 38.1 Å². The van der Waals surface area contributed by atoms with Gasteiger partial charge in [-0.2, -0.15) is 4.68 Å². The van der Waals surface area contributed by atoms with Crippen molar-refractivity contribution in [2.24, 2.45) is 0 Å².